The Kier molecular flexibility index (Phi) is 17.5. The van der Waals surface area contributed by atoms with Gasteiger partial charge in [-0.25, -0.2) is 0 Å². The molecule has 0 aliphatic rings. The molecule has 6 aromatic rings. The Morgan fingerprint density at radius 3 is 1.60 bits per heavy atom. The molecule has 0 aliphatic carbocycles. The second kappa shape index (κ2) is 23.8. The molecule has 0 bridgehead atoms. The number of aliphatic hydroxyl groups excluding tert-OH is 2. The highest BCUT2D eigenvalue weighted by atomic mass is 16.6. The maximum atomic E-state index is 12.0. The van der Waals surface area contributed by atoms with Crippen LogP contribution in [0, 0.1) is 34.0 Å². The molecular formula is C50H48B3N3O9. The molecule has 65 heavy (non-hydrogen) atoms. The molecule has 0 fully saturated rings. The Morgan fingerprint density at radius 1 is 0.569 bits per heavy atom. The molecule has 326 valence electrons. The van der Waals surface area contributed by atoms with E-state index in [1.807, 2.05) is 31.2 Å². The molecule has 0 saturated carbocycles. The van der Waals surface area contributed by atoms with E-state index in [2.05, 4.69) is 25.1 Å². The largest absolute Gasteiger partial charge is 0.480 e. The van der Waals surface area contributed by atoms with Crippen LogP contribution in [0.5, 0.6) is 23.0 Å². The Labute approximate surface area is 380 Å². The number of nitriles is 3. The smallest absolute Gasteiger partial charge is 0.457 e. The fourth-order valence-corrected chi connectivity index (χ4v) is 7.17. The van der Waals surface area contributed by atoms with E-state index in [0.717, 1.165) is 24.0 Å². The average molecular weight is 867 g/mol. The van der Waals surface area contributed by atoms with Gasteiger partial charge in [0.15, 0.2) is 0 Å². The van der Waals surface area contributed by atoms with Crippen molar-refractivity contribution >= 4 is 37.5 Å². The summed E-state index contributed by atoms with van der Waals surface area (Å²) in [7, 11) is -2.93. The summed E-state index contributed by atoms with van der Waals surface area (Å²) in [4.78, 5) is 0. The predicted octanol–water partition coefficient (Wildman–Crippen LogP) is 6.10. The molecule has 15 heteroatoms. The summed E-state index contributed by atoms with van der Waals surface area (Å²) in [6, 6.07) is 41.4. The highest BCUT2D eigenvalue weighted by Gasteiger charge is 2.38. The van der Waals surface area contributed by atoms with Crippen molar-refractivity contribution in [3.63, 3.8) is 0 Å². The third kappa shape index (κ3) is 13.0. The summed E-state index contributed by atoms with van der Waals surface area (Å²) in [5.74, 6) is 1.88. The van der Waals surface area contributed by atoms with Crippen molar-refractivity contribution in [3.8, 4) is 41.2 Å². The minimum absolute atomic E-state index is 0.128. The van der Waals surface area contributed by atoms with Crippen molar-refractivity contribution in [2.75, 3.05) is 6.61 Å². The van der Waals surface area contributed by atoms with Gasteiger partial charge in [0.25, 0.3) is 0 Å². The lowest BCUT2D eigenvalue weighted by Gasteiger charge is -2.28. The van der Waals surface area contributed by atoms with Crippen LogP contribution in [0.3, 0.4) is 0 Å². The maximum absolute atomic E-state index is 12.0. The van der Waals surface area contributed by atoms with Crippen molar-refractivity contribution < 1.29 is 43.7 Å². The van der Waals surface area contributed by atoms with Gasteiger partial charge in [0.1, 0.15) is 23.0 Å². The monoisotopic (exact) mass is 867 g/mol. The molecule has 0 amide bonds. The zero-order valence-corrected chi connectivity index (χ0v) is 36.3. The molecule has 1 atom stereocenters. The van der Waals surface area contributed by atoms with Gasteiger partial charge >= 0.3 is 21.2 Å². The molecule has 6 aromatic carbocycles. The number of nitrogens with zero attached hydrogens (tertiary/aromatic N) is 3. The molecule has 0 heterocycles. The fourth-order valence-electron chi connectivity index (χ4n) is 7.17. The van der Waals surface area contributed by atoms with Gasteiger partial charge in [0.2, 0.25) is 0 Å². The third-order valence-electron chi connectivity index (χ3n) is 10.8. The van der Waals surface area contributed by atoms with Crippen LogP contribution in [0.4, 0.5) is 0 Å². The van der Waals surface area contributed by atoms with Gasteiger partial charge in [-0.1, -0.05) is 62.7 Å². The molecule has 0 spiro atoms. The lowest BCUT2D eigenvalue weighted by atomic mass is 9.53. The molecule has 0 unspecified atom stereocenters. The van der Waals surface area contributed by atoms with Gasteiger partial charge < -0.3 is 43.7 Å². The number of hydrogen-bond donors (Lipinski definition) is 4. The van der Waals surface area contributed by atoms with E-state index in [9.17, 15) is 30.8 Å². The van der Waals surface area contributed by atoms with Crippen molar-refractivity contribution in [1.82, 2.24) is 0 Å². The molecule has 0 aromatic heterocycles. The molecule has 0 radical (unpaired) electrons. The number of hydrogen-bond acceptors (Lipinski definition) is 12. The molecular weight excluding hydrogens is 819 g/mol. The van der Waals surface area contributed by atoms with Gasteiger partial charge in [-0.15, -0.1) is 0 Å². The fraction of sp³-hybridized carbons (Fsp3) is 0.220. The van der Waals surface area contributed by atoms with Crippen molar-refractivity contribution in [3.05, 3.63) is 172 Å². The first-order chi connectivity index (χ1) is 31.7. The average Bonchev–Trinajstić information content (AvgIpc) is 3.34. The Morgan fingerprint density at radius 2 is 1.06 bits per heavy atom. The molecule has 4 N–H and O–H groups in total. The quantitative estimate of drug-likeness (QED) is 0.0453. The van der Waals surface area contributed by atoms with Crippen LogP contribution in [0.2, 0.25) is 0 Å². The van der Waals surface area contributed by atoms with E-state index in [1.165, 1.54) is 0 Å². The van der Waals surface area contributed by atoms with Crippen LogP contribution in [-0.2, 0) is 40.2 Å². The lowest BCUT2D eigenvalue weighted by Crippen LogP contribution is -2.54. The minimum Gasteiger partial charge on any atom is -0.457 e. The summed E-state index contributed by atoms with van der Waals surface area (Å²) < 4.78 is 31.2. The standard InChI is InChI=1S/C50H48B3N3O9/c1-3-5-24-61-34-42-28-46(63-44-17-12-38(31-56)13-18-44)20-23-48(42)52(60)65-53(49-21-14-39(26-40(49)32-57)25-35-6-8-36(29-54)9-7-35)64-50(4-2)51(59)47-22-19-45(27-41(47)33-58)62-43-15-10-37(30-55)11-16-43/h6-23,26-28,50,57-60H,3-5,24-25,32-34H2,1-2H3/t50-/m0/s1. The van der Waals surface area contributed by atoms with Crippen molar-refractivity contribution in [2.45, 2.75) is 65.4 Å². The summed E-state index contributed by atoms with van der Waals surface area (Å²) >= 11 is 0. The van der Waals surface area contributed by atoms with Gasteiger partial charge in [-0.05, 0) is 148 Å². The predicted molar refractivity (Wildman–Crippen MR) is 249 cm³/mol. The van der Waals surface area contributed by atoms with Gasteiger partial charge in [-0.2, -0.15) is 15.8 Å². The van der Waals surface area contributed by atoms with Crippen LogP contribution in [0.1, 0.15) is 77.6 Å². The number of aliphatic hydroxyl groups is 2. The number of unbranched alkanes of at least 4 members (excludes halogenated alkanes) is 1. The Balaban J connectivity index is 1.32. The molecule has 0 aliphatic heterocycles. The van der Waals surface area contributed by atoms with E-state index in [0.29, 0.717) is 85.8 Å². The maximum Gasteiger partial charge on any atom is 0.480 e. The summed E-state index contributed by atoms with van der Waals surface area (Å²) in [5, 5.41) is 72.9. The number of rotatable bonds is 22. The van der Waals surface area contributed by atoms with E-state index >= 15 is 0 Å². The zero-order chi connectivity index (χ0) is 46.1. The van der Waals surface area contributed by atoms with Crippen LogP contribution < -0.4 is 25.9 Å². The SMILES string of the molecule is CCCCOCc1cc(Oc2ccc(C#N)cc2)ccc1B(O)OB(O[C@@H](CC)B(O)c1ccc(Oc2ccc(C#N)cc2)cc1CO)c1ccc(Cc2ccc(C#N)cc2)cc1CO. The first kappa shape index (κ1) is 47.8. The molecule has 0 saturated heterocycles. The first-order valence-electron chi connectivity index (χ1n) is 21.4. The molecule has 12 nitrogen and oxygen atoms in total. The van der Waals surface area contributed by atoms with Crippen molar-refractivity contribution in [2.24, 2.45) is 0 Å². The normalized spacial score (nSPS) is 11.2. The highest BCUT2D eigenvalue weighted by Crippen LogP contribution is 2.25. The summed E-state index contributed by atoms with van der Waals surface area (Å²) in [5.41, 5.74) is 5.97. The second-order valence-corrected chi connectivity index (χ2v) is 15.3. The van der Waals surface area contributed by atoms with Crippen LogP contribution in [0.25, 0.3) is 0 Å². The van der Waals surface area contributed by atoms with Crippen LogP contribution in [-0.4, -0.2) is 54.0 Å². The van der Waals surface area contributed by atoms with Gasteiger partial charge in [0, 0.05) is 6.61 Å². The van der Waals surface area contributed by atoms with Crippen molar-refractivity contribution in [1.29, 1.82) is 15.8 Å². The second-order valence-electron chi connectivity index (χ2n) is 15.3. The topological polar surface area (TPSA) is 198 Å². The zero-order valence-electron chi connectivity index (χ0n) is 36.3. The van der Waals surface area contributed by atoms with Crippen LogP contribution in [0.15, 0.2) is 127 Å². The minimum atomic E-state index is -1.60. The Hall–Kier alpha value is -6.70. The van der Waals surface area contributed by atoms with E-state index in [1.54, 1.807) is 103 Å². The van der Waals surface area contributed by atoms with E-state index in [-0.39, 0.29) is 13.0 Å². The highest BCUT2D eigenvalue weighted by molar-refractivity contribution is 6.75. The van der Waals surface area contributed by atoms with Gasteiger partial charge in [0.05, 0.1) is 60.7 Å². The first-order valence-corrected chi connectivity index (χ1v) is 21.4. The molecule has 6 rings (SSSR count). The number of ether oxygens (including phenoxy) is 3. The van der Waals surface area contributed by atoms with Gasteiger partial charge in [-0.3, -0.25) is 0 Å². The van der Waals surface area contributed by atoms with E-state index < -0.39 is 40.4 Å². The van der Waals surface area contributed by atoms with E-state index in [4.69, 9.17) is 28.7 Å². The summed E-state index contributed by atoms with van der Waals surface area (Å²) in [6.45, 7) is 2.40. The summed E-state index contributed by atoms with van der Waals surface area (Å²) in [6.07, 6.45) is 2.55. The number of benzene rings is 6. The lowest BCUT2D eigenvalue weighted by molar-refractivity contribution is 0.118. The third-order valence-corrected chi connectivity index (χ3v) is 10.8. The Bertz CT molecular complexity index is 2630. The van der Waals surface area contributed by atoms with Crippen LogP contribution >= 0.6 is 0 Å².